The van der Waals surface area contributed by atoms with E-state index in [1.165, 1.54) is 11.3 Å². The SMILES string of the molecule is N[C@H]1CCc2nc(NC(=O)c3c(Cl)cccc3Cl)sc2C1. The molecule has 0 saturated carbocycles. The van der Waals surface area contributed by atoms with Gasteiger partial charge in [0.25, 0.3) is 5.91 Å². The minimum Gasteiger partial charge on any atom is -0.327 e. The molecule has 1 aliphatic rings. The normalized spacial score (nSPS) is 17.4. The third-order valence-electron chi connectivity index (χ3n) is 3.39. The number of carbonyl (C=O) groups is 1. The van der Waals surface area contributed by atoms with E-state index in [0.29, 0.717) is 15.2 Å². The van der Waals surface area contributed by atoms with Gasteiger partial charge in [0.15, 0.2) is 5.13 Å². The average molecular weight is 342 g/mol. The molecule has 1 heterocycles. The van der Waals surface area contributed by atoms with Gasteiger partial charge in [-0.2, -0.15) is 0 Å². The first kappa shape index (κ1) is 14.8. The number of nitrogens with zero attached hydrogens (tertiary/aromatic N) is 1. The molecular formula is C14H13Cl2N3OS. The summed E-state index contributed by atoms with van der Waals surface area (Å²) in [6.45, 7) is 0. The second-order valence-electron chi connectivity index (χ2n) is 4.94. The van der Waals surface area contributed by atoms with Gasteiger partial charge in [-0.25, -0.2) is 4.98 Å². The Hall–Kier alpha value is -1.14. The number of halogens is 2. The minimum atomic E-state index is -0.346. The van der Waals surface area contributed by atoms with E-state index in [0.717, 1.165) is 29.8 Å². The van der Waals surface area contributed by atoms with Crippen molar-refractivity contribution in [3.63, 3.8) is 0 Å². The van der Waals surface area contributed by atoms with Gasteiger partial charge in [0.2, 0.25) is 0 Å². The summed E-state index contributed by atoms with van der Waals surface area (Å²) in [7, 11) is 0. The van der Waals surface area contributed by atoms with E-state index in [1.54, 1.807) is 18.2 Å². The van der Waals surface area contributed by atoms with Gasteiger partial charge in [-0.3, -0.25) is 10.1 Å². The number of thiazole rings is 1. The van der Waals surface area contributed by atoms with Gasteiger partial charge in [-0.05, 0) is 31.4 Å². The minimum absolute atomic E-state index is 0.180. The van der Waals surface area contributed by atoms with Crippen molar-refractivity contribution in [1.82, 2.24) is 4.98 Å². The molecule has 1 amide bonds. The Labute approximate surface area is 136 Å². The molecule has 21 heavy (non-hydrogen) atoms. The molecular weight excluding hydrogens is 329 g/mol. The highest BCUT2D eigenvalue weighted by atomic mass is 35.5. The molecule has 0 aliphatic heterocycles. The molecule has 0 bridgehead atoms. The largest absolute Gasteiger partial charge is 0.327 e. The summed E-state index contributed by atoms with van der Waals surface area (Å²) in [4.78, 5) is 17.9. The van der Waals surface area contributed by atoms with E-state index >= 15 is 0 Å². The molecule has 4 nitrogen and oxygen atoms in total. The standard InChI is InChI=1S/C14H13Cl2N3OS/c15-8-2-1-3-9(16)12(8)13(20)19-14-18-10-5-4-7(17)6-11(10)21-14/h1-3,7H,4-6,17H2,(H,18,19,20)/t7-/m0/s1. The van der Waals surface area contributed by atoms with Gasteiger partial charge >= 0.3 is 0 Å². The topological polar surface area (TPSA) is 68.0 Å². The van der Waals surface area contributed by atoms with Gasteiger partial charge in [0, 0.05) is 10.9 Å². The van der Waals surface area contributed by atoms with Gasteiger partial charge < -0.3 is 5.73 Å². The molecule has 1 aromatic carbocycles. The zero-order valence-electron chi connectivity index (χ0n) is 11.0. The van der Waals surface area contributed by atoms with Crippen LogP contribution in [-0.2, 0) is 12.8 Å². The molecule has 2 aromatic rings. The van der Waals surface area contributed by atoms with E-state index in [1.807, 2.05) is 0 Å². The molecule has 1 aromatic heterocycles. The van der Waals surface area contributed by atoms with Crippen molar-refractivity contribution in [3.05, 3.63) is 44.4 Å². The first-order valence-corrected chi connectivity index (χ1v) is 8.11. The molecule has 3 N–H and O–H groups in total. The number of amides is 1. The second-order valence-corrected chi connectivity index (χ2v) is 6.84. The molecule has 0 fully saturated rings. The number of nitrogens with two attached hydrogens (primary N) is 1. The van der Waals surface area contributed by atoms with Crippen LogP contribution in [0.3, 0.4) is 0 Å². The van der Waals surface area contributed by atoms with E-state index in [9.17, 15) is 4.79 Å². The van der Waals surface area contributed by atoms with Gasteiger partial charge in [-0.15, -0.1) is 11.3 Å². The van der Waals surface area contributed by atoms with E-state index in [4.69, 9.17) is 28.9 Å². The Morgan fingerprint density at radius 2 is 2.10 bits per heavy atom. The van der Waals surface area contributed by atoms with Gasteiger partial charge in [0.05, 0.1) is 21.3 Å². The fourth-order valence-corrected chi connectivity index (χ4v) is 3.99. The molecule has 7 heteroatoms. The molecule has 0 radical (unpaired) electrons. The van der Waals surface area contributed by atoms with E-state index in [-0.39, 0.29) is 17.5 Å². The fourth-order valence-electron chi connectivity index (χ4n) is 2.33. The van der Waals surface area contributed by atoms with Crippen molar-refractivity contribution >= 4 is 45.6 Å². The number of aryl methyl sites for hydroxylation is 1. The quantitative estimate of drug-likeness (QED) is 0.877. The van der Waals surface area contributed by atoms with Gasteiger partial charge in [-0.1, -0.05) is 29.3 Å². The van der Waals surface area contributed by atoms with Crippen LogP contribution in [0.5, 0.6) is 0 Å². The lowest BCUT2D eigenvalue weighted by Crippen LogP contribution is -2.27. The van der Waals surface area contributed by atoms with Crippen LogP contribution in [0, 0.1) is 0 Å². The summed E-state index contributed by atoms with van der Waals surface area (Å²) < 4.78 is 0. The van der Waals surface area contributed by atoms with Crippen molar-refractivity contribution in [2.45, 2.75) is 25.3 Å². The molecule has 0 saturated heterocycles. The maximum atomic E-state index is 12.3. The Balaban J connectivity index is 1.82. The predicted octanol–water partition coefficient (Wildman–Crippen LogP) is 3.52. The highest BCUT2D eigenvalue weighted by Crippen LogP contribution is 2.31. The lowest BCUT2D eigenvalue weighted by molar-refractivity contribution is 0.102. The van der Waals surface area contributed by atoms with Crippen LogP contribution in [0.2, 0.25) is 10.0 Å². The zero-order valence-corrected chi connectivity index (χ0v) is 13.4. The summed E-state index contributed by atoms with van der Waals surface area (Å²) in [5.74, 6) is -0.346. The summed E-state index contributed by atoms with van der Waals surface area (Å²) in [5, 5.41) is 3.98. The van der Waals surface area contributed by atoms with E-state index in [2.05, 4.69) is 10.3 Å². The number of anilines is 1. The Bertz CT molecular complexity index is 681. The summed E-state index contributed by atoms with van der Waals surface area (Å²) >= 11 is 13.5. The van der Waals surface area contributed by atoms with Crippen molar-refractivity contribution in [2.75, 3.05) is 5.32 Å². The summed E-state index contributed by atoms with van der Waals surface area (Å²) in [5.41, 5.74) is 7.25. The van der Waals surface area contributed by atoms with Crippen LogP contribution in [-0.4, -0.2) is 16.9 Å². The third kappa shape index (κ3) is 3.06. The average Bonchev–Trinajstić information content (AvgIpc) is 2.79. The van der Waals surface area contributed by atoms with Crippen molar-refractivity contribution < 1.29 is 4.79 Å². The van der Waals surface area contributed by atoms with Gasteiger partial charge in [0.1, 0.15) is 0 Å². The summed E-state index contributed by atoms with van der Waals surface area (Å²) in [6, 6.07) is 5.15. The Morgan fingerprint density at radius 3 is 2.81 bits per heavy atom. The molecule has 0 spiro atoms. The number of hydrogen-bond donors (Lipinski definition) is 2. The monoisotopic (exact) mass is 341 g/mol. The number of nitrogens with one attached hydrogen (secondary N) is 1. The maximum absolute atomic E-state index is 12.3. The highest BCUT2D eigenvalue weighted by Gasteiger charge is 2.22. The van der Waals surface area contributed by atoms with Crippen LogP contribution < -0.4 is 11.1 Å². The Morgan fingerprint density at radius 1 is 1.38 bits per heavy atom. The van der Waals surface area contributed by atoms with Crippen LogP contribution >= 0.6 is 34.5 Å². The number of hydrogen-bond acceptors (Lipinski definition) is 4. The van der Waals surface area contributed by atoms with Crippen molar-refractivity contribution in [1.29, 1.82) is 0 Å². The first-order chi connectivity index (χ1) is 10.0. The molecule has 0 unspecified atom stereocenters. The maximum Gasteiger partial charge on any atom is 0.260 e. The predicted molar refractivity (Wildman–Crippen MR) is 86.5 cm³/mol. The highest BCUT2D eigenvalue weighted by molar-refractivity contribution is 7.15. The number of benzene rings is 1. The van der Waals surface area contributed by atoms with Crippen molar-refractivity contribution in [3.8, 4) is 0 Å². The fraction of sp³-hybridized carbons (Fsp3) is 0.286. The number of aromatic nitrogens is 1. The number of rotatable bonds is 2. The molecule has 3 rings (SSSR count). The summed E-state index contributed by atoms with van der Waals surface area (Å²) in [6.07, 6.45) is 2.60. The molecule has 1 aliphatic carbocycles. The number of carbonyl (C=O) groups excluding carboxylic acids is 1. The van der Waals surface area contributed by atoms with Crippen LogP contribution in [0.25, 0.3) is 0 Å². The van der Waals surface area contributed by atoms with Crippen LogP contribution in [0.15, 0.2) is 18.2 Å². The first-order valence-electron chi connectivity index (χ1n) is 6.54. The van der Waals surface area contributed by atoms with Crippen LogP contribution in [0.1, 0.15) is 27.3 Å². The van der Waals surface area contributed by atoms with Crippen molar-refractivity contribution in [2.24, 2.45) is 5.73 Å². The van der Waals surface area contributed by atoms with Crippen LogP contribution in [0.4, 0.5) is 5.13 Å². The third-order valence-corrected chi connectivity index (χ3v) is 5.05. The lowest BCUT2D eigenvalue weighted by Gasteiger charge is -2.15. The lowest BCUT2D eigenvalue weighted by atomic mass is 9.99. The Kier molecular flexibility index (Phi) is 4.17. The molecule has 110 valence electrons. The van der Waals surface area contributed by atoms with E-state index < -0.39 is 0 Å². The number of fused-ring (bicyclic) bond motifs is 1. The zero-order chi connectivity index (χ0) is 15.0. The second kappa shape index (κ2) is 5.93. The molecule has 1 atom stereocenters. The smallest absolute Gasteiger partial charge is 0.260 e.